The highest BCUT2D eigenvalue weighted by atomic mass is 16.6. The van der Waals surface area contributed by atoms with Crippen molar-refractivity contribution in [3.63, 3.8) is 0 Å². The number of Topliss-reactive ketones (excluding diaryl/α,β-unsaturated/α-hetero) is 2. The Kier molecular flexibility index (Phi) is 15.6. The molecule has 0 spiro atoms. The van der Waals surface area contributed by atoms with Gasteiger partial charge in [-0.25, -0.2) is 4.79 Å². The van der Waals surface area contributed by atoms with E-state index in [1.54, 1.807) is 56.3 Å². The molecule has 2 bridgehead atoms. The second-order valence-electron chi connectivity index (χ2n) is 13.5. The van der Waals surface area contributed by atoms with Gasteiger partial charge in [0.05, 0.1) is 30.6 Å². The number of fused-ring (bicyclic) bond motifs is 2. The van der Waals surface area contributed by atoms with Gasteiger partial charge >= 0.3 is 6.09 Å². The topological polar surface area (TPSA) is 179 Å². The van der Waals surface area contributed by atoms with E-state index in [-0.39, 0.29) is 40.5 Å². The summed E-state index contributed by atoms with van der Waals surface area (Å²) in [6, 6.07) is 6.69. The van der Waals surface area contributed by atoms with E-state index in [0.717, 1.165) is 0 Å². The molecule has 6 atom stereocenters. The average Bonchev–Trinajstić information content (AvgIpc) is 3.10. The van der Waals surface area contributed by atoms with Crippen LogP contribution in [0.2, 0.25) is 0 Å². The molecule has 1 aliphatic heterocycles. The van der Waals surface area contributed by atoms with Gasteiger partial charge in [0.15, 0.2) is 6.10 Å². The molecule has 3 rings (SSSR count). The number of rotatable bonds is 9. The molecule has 284 valence electrons. The normalized spacial score (nSPS) is 28.1. The van der Waals surface area contributed by atoms with Crippen LogP contribution in [0.3, 0.4) is 0 Å². The molecule has 0 saturated heterocycles. The minimum atomic E-state index is -1.01. The predicted octanol–water partition coefficient (Wildman–Crippen LogP) is 3.45. The van der Waals surface area contributed by atoms with Crippen molar-refractivity contribution < 1.29 is 43.2 Å². The van der Waals surface area contributed by atoms with Gasteiger partial charge < -0.3 is 45.3 Å². The van der Waals surface area contributed by atoms with E-state index in [2.05, 4.69) is 10.6 Å². The molecular weight excluding hydrogens is 668 g/mol. The molecule has 0 radical (unpaired) electrons. The van der Waals surface area contributed by atoms with Crippen molar-refractivity contribution in [1.29, 1.82) is 0 Å². The number of carbonyl (C=O) groups is 4. The number of benzene rings is 1. The van der Waals surface area contributed by atoms with E-state index in [4.69, 9.17) is 24.7 Å². The van der Waals surface area contributed by atoms with Crippen LogP contribution in [0.5, 0.6) is 5.75 Å². The van der Waals surface area contributed by atoms with E-state index in [9.17, 15) is 24.3 Å². The van der Waals surface area contributed by atoms with Crippen LogP contribution in [0.4, 0.5) is 4.79 Å². The summed E-state index contributed by atoms with van der Waals surface area (Å²) in [5, 5.41) is 17.5. The maximum Gasteiger partial charge on any atom is 0.405 e. The Morgan fingerprint density at radius 2 is 1.71 bits per heavy atom. The number of ether oxygens (including phenoxy) is 4. The lowest BCUT2D eigenvalue weighted by Crippen LogP contribution is -2.40. The minimum absolute atomic E-state index is 0.0467. The van der Waals surface area contributed by atoms with Gasteiger partial charge in [-0.1, -0.05) is 50.3 Å². The van der Waals surface area contributed by atoms with Crippen LogP contribution in [-0.4, -0.2) is 107 Å². The highest BCUT2D eigenvalue weighted by molar-refractivity contribution is 6.39. The summed E-state index contributed by atoms with van der Waals surface area (Å²) in [6.07, 6.45) is 2.51. The summed E-state index contributed by atoms with van der Waals surface area (Å²) in [4.78, 5) is 56.7. The number of aliphatic hydroxyl groups is 1. The quantitative estimate of drug-likeness (QED) is 0.217. The van der Waals surface area contributed by atoms with Crippen molar-refractivity contribution in [1.82, 2.24) is 15.5 Å². The maximum atomic E-state index is 14.6. The first-order chi connectivity index (χ1) is 24.6. The van der Waals surface area contributed by atoms with Crippen LogP contribution < -0.4 is 21.1 Å². The molecule has 0 fully saturated rings. The fourth-order valence-electron chi connectivity index (χ4n) is 6.29. The number of nitrogens with zero attached hydrogens (tertiary/aromatic N) is 1. The number of aliphatic hydroxyl groups excluding tert-OH is 1. The van der Waals surface area contributed by atoms with Crippen LogP contribution in [0.25, 0.3) is 5.57 Å². The van der Waals surface area contributed by atoms with Gasteiger partial charge in [0.2, 0.25) is 11.6 Å². The molecule has 0 unspecified atom stereocenters. The van der Waals surface area contributed by atoms with Gasteiger partial charge in [-0.15, -0.1) is 0 Å². The fourth-order valence-corrected chi connectivity index (χ4v) is 6.29. The second-order valence-corrected chi connectivity index (χ2v) is 13.5. The SMILES string of the molecule is COc1ccc(C2=C3NC(=O)/C(C)=C/C=C\[C@H](OC)[C@@H](OC(N)=O)/C(C)=C/[C@H](C)[C@@H](O)[C@@H](OC)C[C@H](C)CC(=C(NCCN(C)C)C2=O)C3=O)cc1. The zero-order valence-electron chi connectivity index (χ0n) is 31.6. The largest absolute Gasteiger partial charge is 0.497 e. The van der Waals surface area contributed by atoms with Crippen LogP contribution >= 0.6 is 0 Å². The van der Waals surface area contributed by atoms with Crippen molar-refractivity contribution in [3.05, 3.63) is 82.2 Å². The standard InChI is InChI=1S/C39H54N4O9/c1-22-19-28-32(41-17-18-43(5)6)36(46)31(26-13-15-27(49-7)16-14-26)33(35(28)45)42-38(47)23(2)11-10-12-29(50-8)37(52-39(40)48)25(4)21-24(3)34(44)30(20-22)51-9/h10-16,21-22,24,29-30,34,37,41,44H,17-20H2,1-9H3,(H2,40,48)(H,42,47)/b12-10-,23-11+,25-21+/t22-,24+,29+,30+,34-,37+/m1/s1. The molecule has 5 N–H and O–H groups in total. The summed E-state index contributed by atoms with van der Waals surface area (Å²) in [5.41, 5.74) is 6.94. The third kappa shape index (κ3) is 10.7. The Morgan fingerprint density at radius 3 is 2.29 bits per heavy atom. The van der Waals surface area contributed by atoms with Gasteiger partial charge in [-0.05, 0) is 70.0 Å². The number of allylic oxidation sites excluding steroid dienone is 4. The van der Waals surface area contributed by atoms with Crippen LogP contribution in [-0.2, 0) is 28.6 Å². The van der Waals surface area contributed by atoms with Gasteiger partial charge in [-0.3, -0.25) is 14.4 Å². The first kappa shape index (κ1) is 41.9. The highest BCUT2D eigenvalue weighted by Gasteiger charge is 2.38. The molecule has 2 aliphatic rings. The molecule has 52 heavy (non-hydrogen) atoms. The van der Waals surface area contributed by atoms with E-state index in [1.165, 1.54) is 27.4 Å². The van der Waals surface area contributed by atoms with Crippen molar-refractivity contribution in [2.75, 3.05) is 48.5 Å². The Hall–Kier alpha value is -4.56. The Balaban J connectivity index is 2.25. The minimum Gasteiger partial charge on any atom is -0.497 e. The van der Waals surface area contributed by atoms with E-state index in [0.29, 0.717) is 36.4 Å². The van der Waals surface area contributed by atoms with Crippen molar-refractivity contribution >= 4 is 29.1 Å². The van der Waals surface area contributed by atoms with Gasteiger partial charge in [0.25, 0.3) is 5.91 Å². The third-order valence-electron chi connectivity index (χ3n) is 9.19. The van der Waals surface area contributed by atoms with Gasteiger partial charge in [0.1, 0.15) is 17.6 Å². The van der Waals surface area contributed by atoms with Crippen LogP contribution in [0.15, 0.2) is 76.7 Å². The number of amides is 2. The fraction of sp³-hybridized carbons (Fsp3) is 0.487. The lowest BCUT2D eigenvalue weighted by Gasteiger charge is -2.30. The van der Waals surface area contributed by atoms with Crippen molar-refractivity contribution in [2.45, 2.75) is 65.0 Å². The van der Waals surface area contributed by atoms with Crippen molar-refractivity contribution in [2.24, 2.45) is 17.6 Å². The summed E-state index contributed by atoms with van der Waals surface area (Å²) in [5.74, 6) is -1.70. The van der Waals surface area contributed by atoms with E-state index < -0.39 is 53.9 Å². The number of ketones is 2. The molecule has 0 saturated carbocycles. The van der Waals surface area contributed by atoms with Crippen LogP contribution in [0.1, 0.15) is 46.1 Å². The number of nitrogens with two attached hydrogens (primary N) is 1. The molecule has 1 aliphatic carbocycles. The molecule has 0 aromatic heterocycles. The number of carbonyl (C=O) groups excluding carboxylic acids is 4. The molecule has 13 nitrogen and oxygen atoms in total. The van der Waals surface area contributed by atoms with Gasteiger partial charge in [0, 0.05) is 44.4 Å². The molecular formula is C39H54N4O9. The predicted molar refractivity (Wildman–Crippen MR) is 198 cm³/mol. The maximum absolute atomic E-state index is 14.6. The lowest BCUT2D eigenvalue weighted by molar-refractivity contribution is -0.120. The molecule has 13 heteroatoms. The lowest BCUT2D eigenvalue weighted by atomic mass is 9.81. The first-order valence-corrected chi connectivity index (χ1v) is 17.3. The van der Waals surface area contributed by atoms with Crippen molar-refractivity contribution in [3.8, 4) is 5.75 Å². The molecule has 2 amide bonds. The molecule has 1 aromatic carbocycles. The number of likely N-dealkylation sites (N-methyl/N-ethyl adjacent to an activating group) is 1. The first-order valence-electron chi connectivity index (χ1n) is 17.3. The van der Waals surface area contributed by atoms with Gasteiger partial charge in [-0.2, -0.15) is 0 Å². The summed E-state index contributed by atoms with van der Waals surface area (Å²) in [6.45, 7) is 8.01. The highest BCUT2D eigenvalue weighted by Crippen LogP contribution is 2.35. The zero-order valence-corrected chi connectivity index (χ0v) is 31.6. The summed E-state index contributed by atoms with van der Waals surface area (Å²) >= 11 is 0. The number of hydrogen-bond donors (Lipinski definition) is 4. The van der Waals surface area contributed by atoms with Crippen LogP contribution in [0, 0.1) is 11.8 Å². The smallest absolute Gasteiger partial charge is 0.405 e. The molecule has 1 aromatic rings. The monoisotopic (exact) mass is 722 g/mol. The number of nitrogens with one attached hydrogen (secondary N) is 2. The Labute approximate surface area is 306 Å². The summed E-state index contributed by atoms with van der Waals surface area (Å²) in [7, 11) is 8.27. The molecule has 1 heterocycles. The number of methoxy groups -OCH3 is 3. The second kappa shape index (κ2) is 19.3. The zero-order chi connectivity index (χ0) is 38.7. The third-order valence-corrected chi connectivity index (χ3v) is 9.19. The Morgan fingerprint density at radius 1 is 1.04 bits per heavy atom. The summed E-state index contributed by atoms with van der Waals surface area (Å²) < 4.78 is 22.2. The number of hydrogen-bond acceptors (Lipinski definition) is 11. The Bertz CT molecular complexity index is 1620. The average molecular weight is 723 g/mol. The van der Waals surface area contributed by atoms with E-state index >= 15 is 0 Å². The van der Waals surface area contributed by atoms with E-state index in [1.807, 2.05) is 32.8 Å². The number of primary amides is 1.